The monoisotopic (exact) mass is 222 g/mol. The molecular weight excluding hydrogens is 208 g/mol. The van der Waals surface area contributed by atoms with Crippen LogP contribution < -0.4 is 4.90 Å². The summed E-state index contributed by atoms with van der Waals surface area (Å²) in [5.41, 5.74) is 2.53. The Hall–Kier alpha value is -0.760. The Bertz CT molecular complexity index is 383. The minimum atomic E-state index is 0.930. The molecule has 0 saturated carbocycles. The Morgan fingerprint density at radius 1 is 1.13 bits per heavy atom. The Morgan fingerprint density at radius 2 is 1.93 bits per heavy atom. The highest BCUT2D eigenvalue weighted by atomic mass is 35.5. The maximum atomic E-state index is 6.29. The minimum absolute atomic E-state index is 0.930. The molecule has 1 aromatic rings. The van der Waals surface area contributed by atoms with E-state index in [9.17, 15) is 0 Å². The van der Waals surface area contributed by atoms with Gasteiger partial charge in [0.15, 0.2) is 0 Å². The van der Waals surface area contributed by atoms with E-state index in [0.29, 0.717) is 0 Å². The second kappa shape index (κ2) is 3.67. The van der Waals surface area contributed by atoms with E-state index in [4.69, 9.17) is 16.6 Å². The van der Waals surface area contributed by atoms with Gasteiger partial charge in [0.25, 0.3) is 0 Å². The highest BCUT2D eigenvalue weighted by Crippen LogP contribution is 2.31. The van der Waals surface area contributed by atoms with Crippen LogP contribution in [0.5, 0.6) is 0 Å². The number of aromatic nitrogens is 1. The standard InChI is InChI=1S/C12H15ClN2/c13-10-8-12(15-6-1-2-7-15)14-11-5-3-4-9(10)11/h8H,1-7H2. The van der Waals surface area contributed by atoms with E-state index in [0.717, 1.165) is 36.8 Å². The van der Waals surface area contributed by atoms with Gasteiger partial charge in [-0.25, -0.2) is 4.98 Å². The molecule has 3 heteroatoms. The zero-order valence-electron chi connectivity index (χ0n) is 8.80. The Kier molecular flexibility index (Phi) is 2.32. The number of hydrogen-bond acceptors (Lipinski definition) is 2. The largest absolute Gasteiger partial charge is 0.357 e. The number of fused-ring (bicyclic) bond motifs is 1. The van der Waals surface area contributed by atoms with Crippen molar-refractivity contribution in [2.24, 2.45) is 0 Å². The summed E-state index contributed by atoms with van der Waals surface area (Å²) >= 11 is 6.29. The first kappa shape index (κ1) is 9.46. The fraction of sp³-hybridized carbons (Fsp3) is 0.583. The molecule has 0 bridgehead atoms. The molecule has 3 rings (SSSR count). The first-order valence-corrected chi connectivity index (χ1v) is 6.15. The van der Waals surface area contributed by atoms with Gasteiger partial charge >= 0.3 is 0 Å². The fourth-order valence-electron chi connectivity index (χ4n) is 2.59. The van der Waals surface area contributed by atoms with Crippen molar-refractivity contribution in [1.82, 2.24) is 4.98 Å². The summed E-state index contributed by atoms with van der Waals surface area (Å²) in [7, 11) is 0. The van der Waals surface area contributed by atoms with Gasteiger partial charge in [0.05, 0.1) is 0 Å². The number of hydrogen-bond donors (Lipinski definition) is 0. The van der Waals surface area contributed by atoms with E-state index in [1.165, 1.54) is 30.5 Å². The molecule has 0 unspecified atom stereocenters. The van der Waals surface area contributed by atoms with Crippen molar-refractivity contribution in [2.75, 3.05) is 18.0 Å². The normalized spacial score (nSPS) is 19.7. The van der Waals surface area contributed by atoms with Crippen LogP contribution in [-0.2, 0) is 12.8 Å². The highest BCUT2D eigenvalue weighted by molar-refractivity contribution is 6.31. The quantitative estimate of drug-likeness (QED) is 0.727. The van der Waals surface area contributed by atoms with E-state index in [2.05, 4.69) is 11.0 Å². The van der Waals surface area contributed by atoms with Crippen LogP contribution in [0.25, 0.3) is 0 Å². The van der Waals surface area contributed by atoms with Crippen LogP contribution in [0.2, 0.25) is 5.02 Å². The van der Waals surface area contributed by atoms with Gasteiger partial charge in [-0.2, -0.15) is 0 Å². The van der Waals surface area contributed by atoms with Crippen molar-refractivity contribution in [1.29, 1.82) is 0 Å². The summed E-state index contributed by atoms with van der Waals surface area (Å²) < 4.78 is 0. The molecule has 15 heavy (non-hydrogen) atoms. The predicted octanol–water partition coefficient (Wildman–Crippen LogP) is 2.82. The summed E-state index contributed by atoms with van der Waals surface area (Å²) in [4.78, 5) is 7.09. The third-order valence-corrected chi connectivity index (χ3v) is 3.75. The maximum Gasteiger partial charge on any atom is 0.130 e. The molecule has 0 amide bonds. The number of anilines is 1. The zero-order chi connectivity index (χ0) is 10.3. The van der Waals surface area contributed by atoms with Gasteiger partial charge in [0, 0.05) is 23.8 Å². The molecule has 2 aliphatic rings. The Morgan fingerprint density at radius 3 is 2.73 bits per heavy atom. The molecule has 1 aromatic heterocycles. The van der Waals surface area contributed by atoms with Gasteiger partial charge in [-0.3, -0.25) is 0 Å². The summed E-state index contributed by atoms with van der Waals surface area (Å²) in [6.07, 6.45) is 6.01. The van der Waals surface area contributed by atoms with Crippen molar-refractivity contribution in [3.8, 4) is 0 Å². The lowest BCUT2D eigenvalue weighted by Gasteiger charge is -2.17. The van der Waals surface area contributed by atoms with Crippen LogP contribution in [0.1, 0.15) is 30.5 Å². The lowest BCUT2D eigenvalue weighted by atomic mass is 10.2. The molecule has 1 aliphatic heterocycles. The van der Waals surface area contributed by atoms with Gasteiger partial charge in [-0.1, -0.05) is 11.6 Å². The van der Waals surface area contributed by atoms with E-state index < -0.39 is 0 Å². The van der Waals surface area contributed by atoms with Crippen LogP contribution >= 0.6 is 11.6 Å². The first-order valence-electron chi connectivity index (χ1n) is 5.78. The van der Waals surface area contributed by atoms with Crippen molar-refractivity contribution < 1.29 is 0 Å². The number of rotatable bonds is 1. The number of halogens is 1. The first-order chi connectivity index (χ1) is 7.34. The van der Waals surface area contributed by atoms with Crippen LogP contribution in [0, 0.1) is 0 Å². The number of pyridine rings is 1. The summed E-state index contributed by atoms with van der Waals surface area (Å²) in [5, 5.41) is 0.930. The van der Waals surface area contributed by atoms with Crippen molar-refractivity contribution >= 4 is 17.4 Å². The molecule has 1 saturated heterocycles. The zero-order valence-corrected chi connectivity index (χ0v) is 9.56. The molecule has 0 N–H and O–H groups in total. The van der Waals surface area contributed by atoms with E-state index in [-0.39, 0.29) is 0 Å². The molecule has 0 spiro atoms. The smallest absolute Gasteiger partial charge is 0.130 e. The van der Waals surface area contributed by atoms with E-state index >= 15 is 0 Å². The van der Waals surface area contributed by atoms with Gasteiger partial charge < -0.3 is 4.90 Å². The van der Waals surface area contributed by atoms with E-state index in [1.54, 1.807) is 0 Å². The molecule has 80 valence electrons. The van der Waals surface area contributed by atoms with Crippen molar-refractivity contribution in [3.63, 3.8) is 0 Å². The highest BCUT2D eigenvalue weighted by Gasteiger charge is 2.20. The Labute approximate surface area is 95.3 Å². The second-order valence-corrected chi connectivity index (χ2v) is 4.84. The Balaban J connectivity index is 1.99. The third-order valence-electron chi connectivity index (χ3n) is 3.41. The molecule has 0 radical (unpaired) electrons. The van der Waals surface area contributed by atoms with Crippen LogP contribution in [0.3, 0.4) is 0 Å². The van der Waals surface area contributed by atoms with Crippen LogP contribution in [0.4, 0.5) is 5.82 Å². The molecule has 1 aliphatic carbocycles. The molecule has 2 heterocycles. The maximum absolute atomic E-state index is 6.29. The predicted molar refractivity (Wildman–Crippen MR) is 62.7 cm³/mol. The third kappa shape index (κ3) is 1.61. The lowest BCUT2D eigenvalue weighted by Crippen LogP contribution is -2.19. The lowest BCUT2D eigenvalue weighted by molar-refractivity contribution is 0.887. The van der Waals surface area contributed by atoms with E-state index in [1.807, 2.05) is 0 Å². The topological polar surface area (TPSA) is 16.1 Å². The average Bonchev–Trinajstić information content (AvgIpc) is 2.88. The van der Waals surface area contributed by atoms with Crippen molar-refractivity contribution in [2.45, 2.75) is 32.1 Å². The minimum Gasteiger partial charge on any atom is -0.357 e. The van der Waals surface area contributed by atoms with Crippen LogP contribution in [0.15, 0.2) is 6.07 Å². The molecule has 0 aromatic carbocycles. The average molecular weight is 223 g/mol. The van der Waals surface area contributed by atoms with Crippen LogP contribution in [-0.4, -0.2) is 18.1 Å². The molecule has 0 atom stereocenters. The summed E-state index contributed by atoms with van der Waals surface area (Å²) in [6.45, 7) is 2.28. The fourth-order valence-corrected chi connectivity index (χ4v) is 2.89. The summed E-state index contributed by atoms with van der Waals surface area (Å²) in [5.74, 6) is 1.10. The van der Waals surface area contributed by atoms with Gasteiger partial charge in [-0.15, -0.1) is 0 Å². The van der Waals surface area contributed by atoms with Gasteiger partial charge in [-0.05, 0) is 43.7 Å². The summed E-state index contributed by atoms with van der Waals surface area (Å²) in [6, 6.07) is 2.05. The number of aryl methyl sites for hydroxylation is 1. The molecular formula is C12H15ClN2. The van der Waals surface area contributed by atoms with Gasteiger partial charge in [0.1, 0.15) is 5.82 Å². The van der Waals surface area contributed by atoms with Crippen molar-refractivity contribution in [3.05, 3.63) is 22.3 Å². The molecule has 2 nitrogen and oxygen atoms in total. The SMILES string of the molecule is Clc1cc(N2CCCC2)nc2c1CCC2. The second-order valence-electron chi connectivity index (χ2n) is 4.44. The van der Waals surface area contributed by atoms with Gasteiger partial charge in [0.2, 0.25) is 0 Å². The number of nitrogens with zero attached hydrogens (tertiary/aromatic N) is 2. The molecule has 1 fully saturated rings.